The molecular formula is C23H31N3O. The van der Waals surface area contributed by atoms with Gasteiger partial charge < -0.3 is 9.80 Å². The number of likely N-dealkylation sites (N-methyl/N-ethyl adjacent to an activating group) is 1. The van der Waals surface area contributed by atoms with Gasteiger partial charge in [0.1, 0.15) is 0 Å². The molecule has 0 radical (unpaired) electrons. The summed E-state index contributed by atoms with van der Waals surface area (Å²) in [5, 5.41) is 0. The Kier molecular flexibility index (Phi) is 6.51. The van der Waals surface area contributed by atoms with Crippen LogP contribution in [0.3, 0.4) is 0 Å². The number of hydrogen-bond acceptors (Lipinski definition) is 3. The lowest BCUT2D eigenvalue weighted by Crippen LogP contribution is -2.51. The van der Waals surface area contributed by atoms with E-state index in [0.29, 0.717) is 6.54 Å². The summed E-state index contributed by atoms with van der Waals surface area (Å²) < 4.78 is 0. The van der Waals surface area contributed by atoms with E-state index >= 15 is 0 Å². The van der Waals surface area contributed by atoms with Crippen LogP contribution < -0.4 is 4.90 Å². The number of rotatable bonds is 6. The summed E-state index contributed by atoms with van der Waals surface area (Å²) in [6, 6.07) is 16.8. The molecule has 2 aromatic carbocycles. The fraction of sp³-hybridized carbons (Fsp3) is 0.435. The van der Waals surface area contributed by atoms with Gasteiger partial charge in [-0.1, -0.05) is 49.4 Å². The summed E-state index contributed by atoms with van der Waals surface area (Å²) in [6.45, 7) is 12.1. The summed E-state index contributed by atoms with van der Waals surface area (Å²) in [6.07, 6.45) is 0. The molecule has 27 heavy (non-hydrogen) atoms. The number of amides is 1. The Balaban J connectivity index is 1.54. The number of hydrogen-bond donors (Lipinski definition) is 0. The summed E-state index contributed by atoms with van der Waals surface area (Å²) in [4.78, 5) is 19.4. The van der Waals surface area contributed by atoms with Crippen molar-refractivity contribution in [3.05, 3.63) is 65.2 Å². The molecule has 0 saturated carbocycles. The zero-order valence-electron chi connectivity index (χ0n) is 16.8. The van der Waals surface area contributed by atoms with E-state index in [0.717, 1.165) is 39.3 Å². The molecule has 0 aromatic heterocycles. The fourth-order valence-corrected chi connectivity index (χ4v) is 3.69. The molecule has 1 amide bonds. The van der Waals surface area contributed by atoms with Crippen molar-refractivity contribution >= 4 is 11.6 Å². The Hall–Kier alpha value is -2.33. The van der Waals surface area contributed by atoms with Crippen molar-refractivity contribution in [3.63, 3.8) is 0 Å². The molecule has 0 aliphatic carbocycles. The van der Waals surface area contributed by atoms with Crippen molar-refractivity contribution in [2.45, 2.75) is 27.3 Å². The molecule has 0 unspecified atom stereocenters. The first-order chi connectivity index (χ1) is 13.1. The second-order valence-electron chi connectivity index (χ2n) is 7.38. The summed E-state index contributed by atoms with van der Waals surface area (Å²) in [7, 11) is 0. The summed E-state index contributed by atoms with van der Waals surface area (Å²) in [5.74, 6) is 0.244. The third kappa shape index (κ3) is 4.89. The zero-order valence-corrected chi connectivity index (χ0v) is 16.8. The van der Waals surface area contributed by atoms with Crippen LogP contribution in [0, 0.1) is 13.8 Å². The molecule has 3 rings (SSSR count). The van der Waals surface area contributed by atoms with Gasteiger partial charge in [-0.15, -0.1) is 0 Å². The van der Waals surface area contributed by atoms with Gasteiger partial charge in [0, 0.05) is 38.4 Å². The second-order valence-corrected chi connectivity index (χ2v) is 7.38. The highest BCUT2D eigenvalue weighted by Crippen LogP contribution is 2.23. The third-order valence-corrected chi connectivity index (χ3v) is 5.60. The first-order valence-electron chi connectivity index (χ1n) is 9.93. The fourth-order valence-electron chi connectivity index (χ4n) is 3.69. The van der Waals surface area contributed by atoms with Crippen LogP contribution in [0.2, 0.25) is 0 Å². The molecule has 1 saturated heterocycles. The average molecular weight is 366 g/mol. The molecule has 1 fully saturated rings. The van der Waals surface area contributed by atoms with Crippen molar-refractivity contribution in [3.8, 4) is 0 Å². The smallest absolute Gasteiger partial charge is 0.236 e. The van der Waals surface area contributed by atoms with Crippen LogP contribution in [0.25, 0.3) is 0 Å². The molecule has 1 heterocycles. The largest absolute Gasteiger partial charge is 0.368 e. The Labute approximate surface area is 163 Å². The number of piperazine rings is 1. The van der Waals surface area contributed by atoms with E-state index in [-0.39, 0.29) is 5.91 Å². The highest BCUT2D eigenvalue weighted by atomic mass is 16.2. The predicted molar refractivity (Wildman–Crippen MR) is 112 cm³/mol. The minimum absolute atomic E-state index is 0.244. The highest BCUT2D eigenvalue weighted by molar-refractivity contribution is 5.78. The molecule has 144 valence electrons. The molecular weight excluding hydrogens is 334 g/mol. The molecule has 1 aliphatic heterocycles. The van der Waals surface area contributed by atoms with Crippen LogP contribution in [0.4, 0.5) is 5.69 Å². The maximum absolute atomic E-state index is 12.8. The van der Waals surface area contributed by atoms with Gasteiger partial charge in [-0.05, 0) is 43.1 Å². The number of aryl methyl sites for hydroxylation is 1. The van der Waals surface area contributed by atoms with Crippen molar-refractivity contribution < 1.29 is 4.79 Å². The topological polar surface area (TPSA) is 26.8 Å². The minimum Gasteiger partial charge on any atom is -0.368 e. The van der Waals surface area contributed by atoms with Gasteiger partial charge in [0.2, 0.25) is 5.91 Å². The maximum atomic E-state index is 12.8. The van der Waals surface area contributed by atoms with Crippen molar-refractivity contribution in [2.75, 3.05) is 44.2 Å². The molecule has 2 aromatic rings. The monoisotopic (exact) mass is 365 g/mol. The van der Waals surface area contributed by atoms with Gasteiger partial charge in [0.15, 0.2) is 0 Å². The van der Waals surface area contributed by atoms with Crippen molar-refractivity contribution in [2.24, 2.45) is 0 Å². The number of benzene rings is 2. The summed E-state index contributed by atoms with van der Waals surface area (Å²) in [5.41, 5.74) is 5.23. The third-order valence-electron chi connectivity index (χ3n) is 5.60. The first-order valence-corrected chi connectivity index (χ1v) is 9.93. The average Bonchev–Trinajstić information content (AvgIpc) is 2.70. The van der Waals surface area contributed by atoms with Crippen LogP contribution >= 0.6 is 0 Å². The van der Waals surface area contributed by atoms with E-state index in [1.165, 1.54) is 22.4 Å². The van der Waals surface area contributed by atoms with Gasteiger partial charge in [0.05, 0.1) is 6.54 Å². The van der Waals surface area contributed by atoms with Crippen LogP contribution in [-0.2, 0) is 11.3 Å². The van der Waals surface area contributed by atoms with E-state index in [4.69, 9.17) is 0 Å². The molecule has 0 spiro atoms. The summed E-state index contributed by atoms with van der Waals surface area (Å²) >= 11 is 0. The van der Waals surface area contributed by atoms with E-state index in [1.807, 2.05) is 11.0 Å². The molecule has 0 N–H and O–H groups in total. The molecule has 4 nitrogen and oxygen atoms in total. The minimum atomic E-state index is 0.244. The van der Waals surface area contributed by atoms with E-state index < -0.39 is 0 Å². The molecule has 4 heteroatoms. The maximum Gasteiger partial charge on any atom is 0.236 e. The van der Waals surface area contributed by atoms with Gasteiger partial charge in [-0.25, -0.2) is 0 Å². The first kappa shape index (κ1) is 19.4. The van der Waals surface area contributed by atoms with E-state index in [1.54, 1.807) is 0 Å². The lowest BCUT2D eigenvalue weighted by Gasteiger charge is -2.37. The van der Waals surface area contributed by atoms with Gasteiger partial charge >= 0.3 is 0 Å². The molecule has 0 atom stereocenters. The lowest BCUT2D eigenvalue weighted by atomic mass is 10.1. The number of nitrogens with zero attached hydrogens (tertiary/aromatic N) is 3. The number of carbonyl (C=O) groups excluding carboxylic acids is 1. The Morgan fingerprint density at radius 3 is 2.33 bits per heavy atom. The van der Waals surface area contributed by atoms with Gasteiger partial charge in [0.25, 0.3) is 0 Å². The van der Waals surface area contributed by atoms with E-state index in [2.05, 4.69) is 73.0 Å². The quantitative estimate of drug-likeness (QED) is 0.784. The van der Waals surface area contributed by atoms with Crippen molar-refractivity contribution in [1.29, 1.82) is 0 Å². The standard InChI is InChI=1S/C23H31N3O/c1-4-24(17-21-10-6-5-7-11-21)18-23(27)26-15-13-25(14-16-26)22-12-8-9-19(2)20(22)3/h5-12H,4,13-18H2,1-3H3. The van der Waals surface area contributed by atoms with E-state index in [9.17, 15) is 4.79 Å². The van der Waals surface area contributed by atoms with Gasteiger partial charge in [-0.3, -0.25) is 9.69 Å². The van der Waals surface area contributed by atoms with Crippen molar-refractivity contribution in [1.82, 2.24) is 9.80 Å². The number of carbonyl (C=O) groups is 1. The Morgan fingerprint density at radius 2 is 1.67 bits per heavy atom. The number of anilines is 1. The van der Waals surface area contributed by atoms with Gasteiger partial charge in [-0.2, -0.15) is 0 Å². The van der Waals surface area contributed by atoms with Crippen LogP contribution in [0.1, 0.15) is 23.6 Å². The Bertz CT molecular complexity index is 751. The normalized spacial score (nSPS) is 14.7. The second kappa shape index (κ2) is 9.05. The highest BCUT2D eigenvalue weighted by Gasteiger charge is 2.23. The lowest BCUT2D eigenvalue weighted by molar-refractivity contribution is -0.132. The predicted octanol–water partition coefficient (Wildman–Crippen LogP) is 3.47. The Morgan fingerprint density at radius 1 is 0.963 bits per heavy atom. The molecule has 1 aliphatic rings. The molecule has 0 bridgehead atoms. The SMILES string of the molecule is CCN(CC(=O)N1CCN(c2cccc(C)c2C)CC1)Cc1ccccc1. The van der Waals surface area contributed by atoms with Crippen LogP contribution in [-0.4, -0.2) is 55.0 Å². The zero-order chi connectivity index (χ0) is 19.2. The van der Waals surface area contributed by atoms with Crippen LogP contribution in [0.5, 0.6) is 0 Å². The van der Waals surface area contributed by atoms with Crippen LogP contribution in [0.15, 0.2) is 48.5 Å².